The van der Waals surface area contributed by atoms with Gasteiger partial charge >= 0.3 is 0 Å². The molecule has 0 aliphatic heterocycles. The van der Waals surface area contributed by atoms with Gasteiger partial charge in [-0.2, -0.15) is 0 Å². The van der Waals surface area contributed by atoms with E-state index in [2.05, 4.69) is 15.0 Å². The number of aromatic nitrogens is 3. The number of benzene rings is 2. The standard InChI is InChI=1S/C24H16F2N4O2/c1-11-8-28-19-5-2-12(6-15(11)19)13-7-16-17(10-30-24(16)29-9-13)22(31)20-18(25)4-3-14(21(20)26)23(27)32/h2-10,28H,1H3,(H2,27,32)(H,29,30). The van der Waals surface area contributed by atoms with Gasteiger partial charge in [0.15, 0.2) is 0 Å². The molecule has 0 bridgehead atoms. The van der Waals surface area contributed by atoms with E-state index in [1.54, 1.807) is 12.3 Å². The molecule has 0 fully saturated rings. The quantitative estimate of drug-likeness (QED) is 0.362. The van der Waals surface area contributed by atoms with Crippen molar-refractivity contribution < 1.29 is 18.4 Å². The molecule has 3 heterocycles. The number of halogens is 2. The fraction of sp³-hybridized carbons (Fsp3) is 0.0417. The lowest BCUT2D eigenvalue weighted by atomic mass is 9.98. The molecule has 0 unspecified atom stereocenters. The second-order valence-corrected chi connectivity index (χ2v) is 7.53. The normalized spacial score (nSPS) is 11.3. The number of fused-ring (bicyclic) bond motifs is 2. The van der Waals surface area contributed by atoms with Crippen molar-refractivity contribution >= 4 is 33.6 Å². The minimum absolute atomic E-state index is 0.0349. The lowest BCUT2D eigenvalue weighted by Gasteiger charge is -2.07. The second-order valence-electron chi connectivity index (χ2n) is 7.53. The maximum Gasteiger partial charge on any atom is 0.251 e. The molecule has 0 aliphatic rings. The third-order valence-electron chi connectivity index (χ3n) is 5.58. The summed E-state index contributed by atoms with van der Waals surface area (Å²) in [5, 5.41) is 1.46. The van der Waals surface area contributed by atoms with E-state index >= 15 is 0 Å². The van der Waals surface area contributed by atoms with Gasteiger partial charge in [0.05, 0.1) is 11.1 Å². The summed E-state index contributed by atoms with van der Waals surface area (Å²) in [7, 11) is 0. The lowest BCUT2D eigenvalue weighted by Crippen LogP contribution is -2.17. The maximum atomic E-state index is 14.7. The molecule has 0 atom stereocenters. The number of amides is 1. The molecule has 158 valence electrons. The Morgan fingerprint density at radius 2 is 1.72 bits per heavy atom. The van der Waals surface area contributed by atoms with Gasteiger partial charge in [0.2, 0.25) is 5.78 Å². The van der Waals surface area contributed by atoms with Crippen LogP contribution >= 0.6 is 0 Å². The van der Waals surface area contributed by atoms with Crippen molar-refractivity contribution in [2.24, 2.45) is 5.73 Å². The lowest BCUT2D eigenvalue weighted by molar-refractivity contribution is 0.0996. The molecule has 0 saturated heterocycles. The van der Waals surface area contributed by atoms with Crippen molar-refractivity contribution in [3.05, 3.63) is 88.9 Å². The highest BCUT2D eigenvalue weighted by molar-refractivity contribution is 6.17. The fourth-order valence-electron chi connectivity index (χ4n) is 3.87. The van der Waals surface area contributed by atoms with Crippen molar-refractivity contribution in [3.8, 4) is 11.1 Å². The minimum Gasteiger partial charge on any atom is -0.366 e. The van der Waals surface area contributed by atoms with Crippen molar-refractivity contribution in [3.63, 3.8) is 0 Å². The summed E-state index contributed by atoms with van der Waals surface area (Å²) in [6, 6.07) is 9.38. The number of aryl methyl sites for hydroxylation is 1. The number of carbonyl (C=O) groups is 2. The van der Waals surface area contributed by atoms with E-state index in [1.807, 2.05) is 31.3 Å². The molecule has 5 aromatic rings. The number of carbonyl (C=O) groups excluding carboxylic acids is 2. The summed E-state index contributed by atoms with van der Waals surface area (Å²) in [5.41, 5.74) is 7.88. The Hall–Kier alpha value is -4.33. The number of ketones is 1. The first kappa shape index (κ1) is 19.6. The number of nitrogens with one attached hydrogen (secondary N) is 2. The van der Waals surface area contributed by atoms with Crippen LogP contribution in [0.1, 0.15) is 31.8 Å². The summed E-state index contributed by atoms with van der Waals surface area (Å²) in [6.45, 7) is 2.00. The van der Waals surface area contributed by atoms with E-state index < -0.39 is 34.5 Å². The first-order valence-electron chi connectivity index (χ1n) is 9.73. The van der Waals surface area contributed by atoms with Crippen LogP contribution in [0.3, 0.4) is 0 Å². The first-order valence-corrected chi connectivity index (χ1v) is 9.73. The van der Waals surface area contributed by atoms with Crippen LogP contribution in [0, 0.1) is 18.6 Å². The van der Waals surface area contributed by atoms with Gasteiger partial charge in [0.25, 0.3) is 5.91 Å². The largest absolute Gasteiger partial charge is 0.366 e. The fourth-order valence-corrected chi connectivity index (χ4v) is 3.87. The monoisotopic (exact) mass is 430 g/mol. The average Bonchev–Trinajstić information content (AvgIpc) is 3.36. The molecule has 3 aromatic heterocycles. The van der Waals surface area contributed by atoms with Crippen molar-refractivity contribution in [1.82, 2.24) is 15.0 Å². The number of hydrogen-bond acceptors (Lipinski definition) is 3. The smallest absolute Gasteiger partial charge is 0.251 e. The predicted molar refractivity (Wildman–Crippen MR) is 116 cm³/mol. The number of rotatable bonds is 4. The van der Waals surface area contributed by atoms with Gasteiger partial charge in [-0.05, 0) is 48.4 Å². The van der Waals surface area contributed by atoms with Crippen LogP contribution in [0.15, 0.2) is 55.0 Å². The number of pyridine rings is 1. The molecule has 8 heteroatoms. The third kappa shape index (κ3) is 2.96. The van der Waals surface area contributed by atoms with Crippen LogP contribution in [-0.4, -0.2) is 26.6 Å². The highest BCUT2D eigenvalue weighted by atomic mass is 19.1. The highest BCUT2D eigenvalue weighted by Gasteiger charge is 2.26. The molecule has 1 amide bonds. The molecule has 0 spiro atoms. The molecule has 2 aromatic carbocycles. The van der Waals surface area contributed by atoms with Crippen LogP contribution in [0.5, 0.6) is 0 Å². The predicted octanol–water partition coefficient (Wildman–Crippen LogP) is 4.63. The second kappa shape index (κ2) is 7.12. The van der Waals surface area contributed by atoms with Gasteiger partial charge in [-0.25, -0.2) is 13.8 Å². The van der Waals surface area contributed by atoms with Crippen molar-refractivity contribution in [1.29, 1.82) is 0 Å². The zero-order valence-corrected chi connectivity index (χ0v) is 16.8. The molecule has 0 aliphatic carbocycles. The Morgan fingerprint density at radius 1 is 0.938 bits per heavy atom. The minimum atomic E-state index is -1.28. The summed E-state index contributed by atoms with van der Waals surface area (Å²) in [4.78, 5) is 34.9. The molecule has 0 radical (unpaired) electrons. The first-order chi connectivity index (χ1) is 15.3. The van der Waals surface area contributed by atoms with Crippen molar-refractivity contribution in [2.45, 2.75) is 6.92 Å². The van der Waals surface area contributed by atoms with Gasteiger partial charge < -0.3 is 15.7 Å². The molecule has 0 saturated carbocycles. The van der Waals surface area contributed by atoms with E-state index in [0.717, 1.165) is 39.7 Å². The van der Waals surface area contributed by atoms with Crippen LogP contribution in [0.25, 0.3) is 33.1 Å². The third-order valence-corrected chi connectivity index (χ3v) is 5.58. The summed E-state index contributed by atoms with van der Waals surface area (Å²) >= 11 is 0. The molecule has 5 rings (SSSR count). The van der Waals surface area contributed by atoms with Crippen molar-refractivity contribution in [2.75, 3.05) is 0 Å². The number of nitrogens with zero attached hydrogens (tertiary/aromatic N) is 1. The topological polar surface area (TPSA) is 105 Å². The molecule has 4 N–H and O–H groups in total. The van der Waals surface area contributed by atoms with E-state index in [4.69, 9.17) is 5.73 Å². The summed E-state index contributed by atoms with van der Waals surface area (Å²) in [6.07, 6.45) is 4.92. The van der Waals surface area contributed by atoms with Gasteiger partial charge in [0.1, 0.15) is 17.3 Å². The maximum absolute atomic E-state index is 14.7. The number of hydrogen-bond donors (Lipinski definition) is 3. The molecular weight excluding hydrogens is 414 g/mol. The zero-order chi connectivity index (χ0) is 22.6. The van der Waals surface area contributed by atoms with E-state index in [-0.39, 0.29) is 5.56 Å². The van der Waals surface area contributed by atoms with E-state index in [0.29, 0.717) is 11.0 Å². The van der Waals surface area contributed by atoms with Gasteiger partial charge in [-0.15, -0.1) is 0 Å². The summed E-state index contributed by atoms with van der Waals surface area (Å²) < 4.78 is 29.1. The van der Waals surface area contributed by atoms with Crippen LogP contribution < -0.4 is 5.73 Å². The Bertz CT molecular complexity index is 1570. The Kier molecular flexibility index (Phi) is 4.37. The van der Waals surface area contributed by atoms with Crippen LogP contribution in [0.2, 0.25) is 0 Å². The van der Waals surface area contributed by atoms with Gasteiger partial charge in [0, 0.05) is 46.0 Å². The number of aromatic amines is 2. The van der Waals surface area contributed by atoms with E-state index in [9.17, 15) is 18.4 Å². The Labute approximate surface area is 180 Å². The highest BCUT2D eigenvalue weighted by Crippen LogP contribution is 2.30. The SMILES string of the molecule is Cc1c[nH]c2ccc(-c3cnc4[nH]cc(C(=O)c5c(F)ccc(C(N)=O)c5F)c4c3)cc12. The molecule has 32 heavy (non-hydrogen) atoms. The van der Waals surface area contributed by atoms with Crippen LogP contribution in [0.4, 0.5) is 8.78 Å². The molecular formula is C24H16F2N4O2. The van der Waals surface area contributed by atoms with Crippen LogP contribution in [-0.2, 0) is 0 Å². The number of nitrogens with two attached hydrogens (primary N) is 1. The number of H-pyrrole nitrogens is 2. The zero-order valence-electron chi connectivity index (χ0n) is 16.8. The van der Waals surface area contributed by atoms with E-state index in [1.165, 1.54) is 6.20 Å². The average molecular weight is 430 g/mol. The summed E-state index contributed by atoms with van der Waals surface area (Å²) in [5.74, 6) is -4.36. The Morgan fingerprint density at radius 3 is 2.50 bits per heavy atom. The molecule has 6 nitrogen and oxygen atoms in total. The van der Waals surface area contributed by atoms with Gasteiger partial charge in [-0.1, -0.05) is 6.07 Å². The number of primary amides is 1. The Balaban J connectivity index is 1.65. The van der Waals surface area contributed by atoms with Gasteiger partial charge in [-0.3, -0.25) is 9.59 Å².